The Balaban J connectivity index is 1.48. The number of rotatable bonds is 11. The first kappa shape index (κ1) is 28.2. The van der Waals surface area contributed by atoms with Crippen LogP contribution in [0.3, 0.4) is 0 Å². The summed E-state index contributed by atoms with van der Waals surface area (Å²) in [5.74, 6) is -1.52. The van der Waals surface area contributed by atoms with E-state index in [-0.39, 0.29) is 48.5 Å². The molecule has 2 aromatic rings. The number of amides is 3. The number of ether oxygens (including phenoxy) is 2. The fourth-order valence-electron chi connectivity index (χ4n) is 4.48. The van der Waals surface area contributed by atoms with Crippen molar-refractivity contribution in [2.24, 2.45) is 5.92 Å². The Labute approximate surface area is 224 Å². The van der Waals surface area contributed by atoms with Gasteiger partial charge in [-0.3, -0.25) is 14.4 Å². The van der Waals surface area contributed by atoms with E-state index in [2.05, 4.69) is 15.0 Å². The molecule has 2 aliphatic rings. The highest BCUT2D eigenvalue weighted by Gasteiger charge is 2.40. The summed E-state index contributed by atoms with van der Waals surface area (Å²) in [7, 11) is 3.21. The fourth-order valence-corrected chi connectivity index (χ4v) is 4.48. The summed E-state index contributed by atoms with van der Waals surface area (Å²) in [6, 6.07) is 8.48. The molecule has 1 N–H and O–H groups in total. The number of pyridine rings is 1. The number of likely N-dealkylation sites (tertiary alicyclic amines) is 1. The first-order chi connectivity index (χ1) is 18.7. The number of aromatic nitrogens is 1. The van der Waals surface area contributed by atoms with Gasteiger partial charge < -0.3 is 24.6 Å². The highest BCUT2D eigenvalue weighted by atomic mass is 19.3. The molecule has 1 saturated carbocycles. The first-order valence-corrected chi connectivity index (χ1v) is 12.7. The molecule has 1 aliphatic heterocycles. The van der Waals surface area contributed by atoms with E-state index >= 15 is 0 Å². The SMILES string of the molecule is CN(C)C(=O)c1cccc(CNC(=O)[C@H]2CC(c3ccc(OC(F)F)c(OCC4CC4)c3)CN2C(=O)CF)n1. The molecule has 0 spiro atoms. The van der Waals surface area contributed by atoms with Gasteiger partial charge in [0.15, 0.2) is 18.2 Å². The predicted octanol–water partition coefficient (Wildman–Crippen LogP) is 3.14. The predicted molar refractivity (Wildman–Crippen MR) is 134 cm³/mol. The van der Waals surface area contributed by atoms with E-state index in [0.717, 1.165) is 12.8 Å². The summed E-state index contributed by atoms with van der Waals surface area (Å²) >= 11 is 0. The van der Waals surface area contributed by atoms with Crippen molar-refractivity contribution < 1.29 is 37.0 Å². The van der Waals surface area contributed by atoms with Crippen molar-refractivity contribution in [1.82, 2.24) is 20.1 Å². The second kappa shape index (κ2) is 12.4. The zero-order chi connectivity index (χ0) is 28.1. The topological polar surface area (TPSA) is 101 Å². The van der Waals surface area contributed by atoms with Gasteiger partial charge in [-0.2, -0.15) is 8.78 Å². The lowest BCUT2D eigenvalue weighted by Gasteiger charge is -2.22. The average molecular weight is 549 g/mol. The maximum absolute atomic E-state index is 13.4. The van der Waals surface area contributed by atoms with Gasteiger partial charge in [-0.1, -0.05) is 12.1 Å². The minimum Gasteiger partial charge on any atom is -0.489 e. The van der Waals surface area contributed by atoms with Crippen LogP contribution in [-0.4, -0.2) is 79.1 Å². The third kappa shape index (κ3) is 7.18. The Morgan fingerprint density at radius 2 is 1.92 bits per heavy atom. The molecule has 4 rings (SSSR count). The molecule has 2 atom stereocenters. The van der Waals surface area contributed by atoms with Gasteiger partial charge in [0.05, 0.1) is 18.8 Å². The van der Waals surface area contributed by atoms with Crippen molar-refractivity contribution >= 4 is 17.7 Å². The van der Waals surface area contributed by atoms with Gasteiger partial charge in [-0.25, -0.2) is 9.37 Å². The molecule has 12 heteroatoms. The second-order valence-corrected chi connectivity index (χ2v) is 9.90. The van der Waals surface area contributed by atoms with Crippen molar-refractivity contribution in [2.45, 2.75) is 44.4 Å². The molecule has 210 valence electrons. The van der Waals surface area contributed by atoms with E-state index in [4.69, 9.17) is 4.74 Å². The molecule has 0 radical (unpaired) electrons. The summed E-state index contributed by atoms with van der Waals surface area (Å²) in [6.07, 6.45) is 2.22. The maximum atomic E-state index is 13.4. The Morgan fingerprint density at radius 3 is 2.59 bits per heavy atom. The number of nitrogens with zero attached hydrogens (tertiary/aromatic N) is 3. The van der Waals surface area contributed by atoms with Gasteiger partial charge in [0.2, 0.25) is 5.91 Å². The lowest BCUT2D eigenvalue weighted by molar-refractivity contribution is -0.139. The summed E-state index contributed by atoms with van der Waals surface area (Å²) in [6.45, 7) is -3.83. The molecular weight excluding hydrogens is 517 g/mol. The number of nitrogens with one attached hydrogen (secondary N) is 1. The minimum absolute atomic E-state index is 0.00498. The third-order valence-corrected chi connectivity index (χ3v) is 6.74. The van der Waals surface area contributed by atoms with Crippen LogP contribution in [0.2, 0.25) is 0 Å². The molecule has 1 saturated heterocycles. The highest BCUT2D eigenvalue weighted by Crippen LogP contribution is 2.39. The summed E-state index contributed by atoms with van der Waals surface area (Å²) in [5, 5.41) is 2.73. The number of alkyl halides is 3. The Morgan fingerprint density at radius 1 is 1.15 bits per heavy atom. The van der Waals surface area contributed by atoms with Crippen molar-refractivity contribution in [2.75, 3.05) is 33.9 Å². The van der Waals surface area contributed by atoms with Crippen LogP contribution in [0.5, 0.6) is 11.5 Å². The van der Waals surface area contributed by atoms with Gasteiger partial charge in [-0.05, 0) is 55.0 Å². The van der Waals surface area contributed by atoms with Crippen LogP contribution < -0.4 is 14.8 Å². The monoisotopic (exact) mass is 548 g/mol. The van der Waals surface area contributed by atoms with Crippen molar-refractivity contribution in [3.63, 3.8) is 0 Å². The Hall–Kier alpha value is -3.83. The zero-order valence-corrected chi connectivity index (χ0v) is 21.7. The Bertz CT molecular complexity index is 1210. The normalized spacial score (nSPS) is 18.7. The van der Waals surface area contributed by atoms with Gasteiger partial charge in [0, 0.05) is 26.6 Å². The van der Waals surface area contributed by atoms with Crippen LogP contribution in [0.1, 0.15) is 46.9 Å². The van der Waals surface area contributed by atoms with Crippen molar-refractivity contribution in [1.29, 1.82) is 0 Å². The standard InChI is InChI=1S/C27H31F3N4O5/c1-33(2)26(37)20-5-3-4-19(32-20)13-31-25(36)21-10-18(14-34(21)24(35)12-28)17-8-9-22(39-27(29)30)23(11-17)38-15-16-6-7-16/h3-5,8-9,11,16,18,21,27H,6-7,10,12-15H2,1-2H3,(H,31,36)/t18?,21-/m1/s1. The van der Waals surface area contributed by atoms with E-state index in [0.29, 0.717) is 23.8 Å². The van der Waals surface area contributed by atoms with Crippen LogP contribution >= 0.6 is 0 Å². The largest absolute Gasteiger partial charge is 0.489 e. The van der Waals surface area contributed by atoms with E-state index in [1.54, 1.807) is 44.4 Å². The summed E-state index contributed by atoms with van der Waals surface area (Å²) < 4.78 is 49.5. The first-order valence-electron chi connectivity index (χ1n) is 12.7. The van der Waals surface area contributed by atoms with Gasteiger partial charge in [0.1, 0.15) is 11.7 Å². The quantitative estimate of drug-likeness (QED) is 0.463. The number of hydrogen-bond acceptors (Lipinski definition) is 6. The molecule has 9 nitrogen and oxygen atoms in total. The Kier molecular flexibility index (Phi) is 8.93. The molecule has 1 unspecified atom stereocenters. The van der Waals surface area contributed by atoms with E-state index in [9.17, 15) is 27.6 Å². The van der Waals surface area contributed by atoms with E-state index < -0.39 is 31.1 Å². The molecule has 2 heterocycles. The number of carbonyl (C=O) groups excluding carboxylic acids is 3. The van der Waals surface area contributed by atoms with Crippen LogP contribution in [0.15, 0.2) is 36.4 Å². The highest BCUT2D eigenvalue weighted by molar-refractivity contribution is 5.92. The lowest BCUT2D eigenvalue weighted by atomic mass is 9.95. The average Bonchev–Trinajstić information content (AvgIpc) is 3.65. The van der Waals surface area contributed by atoms with Crippen molar-refractivity contribution in [3.05, 3.63) is 53.3 Å². The third-order valence-electron chi connectivity index (χ3n) is 6.74. The molecule has 1 aromatic carbocycles. The summed E-state index contributed by atoms with van der Waals surface area (Å²) in [4.78, 5) is 44.5. The van der Waals surface area contributed by atoms with Crippen LogP contribution in [0, 0.1) is 5.92 Å². The molecule has 2 fully saturated rings. The van der Waals surface area contributed by atoms with E-state index in [1.807, 2.05) is 0 Å². The number of halogens is 3. The van der Waals surface area contributed by atoms with Crippen molar-refractivity contribution in [3.8, 4) is 11.5 Å². The fraction of sp³-hybridized carbons (Fsp3) is 0.481. The van der Waals surface area contributed by atoms with Crippen LogP contribution in [-0.2, 0) is 16.1 Å². The molecule has 3 amide bonds. The van der Waals surface area contributed by atoms with E-state index in [1.165, 1.54) is 15.9 Å². The van der Waals surface area contributed by atoms with Gasteiger partial charge in [-0.15, -0.1) is 0 Å². The summed E-state index contributed by atoms with van der Waals surface area (Å²) in [5.41, 5.74) is 1.33. The molecule has 1 aromatic heterocycles. The van der Waals surface area contributed by atoms with Gasteiger partial charge in [0.25, 0.3) is 11.8 Å². The number of carbonyl (C=O) groups is 3. The molecule has 1 aliphatic carbocycles. The van der Waals surface area contributed by atoms with Crippen LogP contribution in [0.25, 0.3) is 0 Å². The number of benzene rings is 1. The van der Waals surface area contributed by atoms with Gasteiger partial charge >= 0.3 is 6.61 Å². The maximum Gasteiger partial charge on any atom is 0.387 e. The molecular formula is C27H31F3N4O5. The molecule has 39 heavy (non-hydrogen) atoms. The lowest BCUT2D eigenvalue weighted by Crippen LogP contribution is -2.46. The minimum atomic E-state index is -3.02. The molecule has 0 bridgehead atoms. The smallest absolute Gasteiger partial charge is 0.387 e. The zero-order valence-electron chi connectivity index (χ0n) is 21.7. The van der Waals surface area contributed by atoms with Crippen LogP contribution in [0.4, 0.5) is 13.2 Å². The second-order valence-electron chi connectivity index (χ2n) is 9.90. The number of hydrogen-bond donors (Lipinski definition) is 1.